The molecule has 0 saturated carbocycles. The van der Waals surface area contributed by atoms with Crippen LogP contribution in [0.3, 0.4) is 0 Å². The number of imidazole rings is 1. The van der Waals surface area contributed by atoms with Crippen LogP contribution >= 0.6 is 11.6 Å². The number of nitrogens with zero attached hydrogens (tertiary/aromatic N) is 5. The zero-order chi connectivity index (χ0) is 35.9. The first-order chi connectivity index (χ1) is 24.0. The van der Waals surface area contributed by atoms with Crippen LogP contribution in [0.5, 0.6) is 0 Å². The minimum absolute atomic E-state index is 0.0590. The fraction of sp³-hybridized carbons (Fsp3) is 0.400. The molecule has 1 aromatic heterocycles. The fourth-order valence-corrected chi connectivity index (χ4v) is 6.43. The van der Waals surface area contributed by atoms with Gasteiger partial charge in [-0.1, -0.05) is 17.7 Å². The Morgan fingerprint density at radius 3 is 2.50 bits per heavy atom. The highest BCUT2D eigenvalue weighted by Gasteiger charge is 2.28. The zero-order valence-corrected chi connectivity index (χ0v) is 29.0. The van der Waals surface area contributed by atoms with Crippen LogP contribution in [0.25, 0.3) is 16.8 Å². The summed E-state index contributed by atoms with van der Waals surface area (Å²) in [6.07, 6.45) is 3.96. The second-order valence-corrected chi connectivity index (χ2v) is 12.6. The molecule has 2 saturated heterocycles. The maximum Gasteiger partial charge on any atom is 0.291 e. The van der Waals surface area contributed by atoms with E-state index >= 15 is 8.78 Å². The van der Waals surface area contributed by atoms with Crippen molar-refractivity contribution in [1.82, 2.24) is 24.7 Å². The predicted molar refractivity (Wildman–Crippen MR) is 188 cm³/mol. The van der Waals surface area contributed by atoms with Crippen molar-refractivity contribution in [2.75, 3.05) is 64.8 Å². The SMILES string of the molecule is COCCN=C(C)/C(=C\N)c1ccc(-c2cnc(C(=O)Nc3ccc(C(=O)N4CCN(C(=O)C[C@@H]5CCNC5)CC4)c(Cl)c3)n2C)c(F)c1F. The number of piperazine rings is 1. The van der Waals surface area contributed by atoms with Crippen molar-refractivity contribution in [2.24, 2.45) is 23.7 Å². The molecular formula is C35H41ClF2N8O4. The Bertz CT molecular complexity index is 1810. The molecule has 50 heavy (non-hydrogen) atoms. The van der Waals surface area contributed by atoms with E-state index in [1.807, 2.05) is 4.90 Å². The Hall–Kier alpha value is -4.66. The molecule has 0 bridgehead atoms. The molecule has 0 radical (unpaired) electrons. The summed E-state index contributed by atoms with van der Waals surface area (Å²) in [6, 6.07) is 7.33. The second kappa shape index (κ2) is 16.4. The molecule has 266 valence electrons. The molecular weight excluding hydrogens is 670 g/mol. The normalized spacial score (nSPS) is 17.0. The average molecular weight is 711 g/mol. The summed E-state index contributed by atoms with van der Waals surface area (Å²) in [6.45, 7) is 5.84. The van der Waals surface area contributed by atoms with Crippen molar-refractivity contribution >= 4 is 46.3 Å². The Kier molecular flexibility index (Phi) is 12.0. The third-order valence-corrected chi connectivity index (χ3v) is 9.36. The molecule has 0 aliphatic carbocycles. The topological polar surface area (TPSA) is 147 Å². The van der Waals surface area contributed by atoms with Crippen LogP contribution in [-0.4, -0.2) is 102 Å². The van der Waals surface area contributed by atoms with E-state index in [2.05, 4.69) is 20.6 Å². The number of methoxy groups -OCH3 is 1. The molecule has 2 aromatic carbocycles. The maximum absolute atomic E-state index is 15.5. The molecule has 5 rings (SSSR count). The lowest BCUT2D eigenvalue weighted by molar-refractivity contribution is -0.133. The fourth-order valence-electron chi connectivity index (χ4n) is 6.17. The molecule has 2 aliphatic heterocycles. The summed E-state index contributed by atoms with van der Waals surface area (Å²) in [4.78, 5) is 51.1. The van der Waals surface area contributed by atoms with Gasteiger partial charge in [-0.05, 0) is 56.6 Å². The molecule has 4 N–H and O–H groups in total. The maximum atomic E-state index is 15.5. The van der Waals surface area contributed by atoms with Gasteiger partial charge in [0.25, 0.3) is 11.8 Å². The van der Waals surface area contributed by atoms with Gasteiger partial charge in [-0.2, -0.15) is 0 Å². The number of amides is 3. The monoisotopic (exact) mass is 710 g/mol. The van der Waals surface area contributed by atoms with Crippen molar-refractivity contribution in [3.8, 4) is 11.3 Å². The number of aromatic nitrogens is 2. The zero-order valence-electron chi connectivity index (χ0n) is 28.3. The van der Waals surface area contributed by atoms with Gasteiger partial charge in [0.05, 0.1) is 35.6 Å². The number of allylic oxidation sites excluding steroid dienone is 1. The lowest BCUT2D eigenvalue weighted by Crippen LogP contribution is -2.51. The van der Waals surface area contributed by atoms with Crippen molar-refractivity contribution in [3.63, 3.8) is 0 Å². The summed E-state index contributed by atoms with van der Waals surface area (Å²) in [5.74, 6) is -2.75. The van der Waals surface area contributed by atoms with E-state index in [1.54, 1.807) is 17.9 Å². The molecule has 0 unspecified atom stereocenters. The van der Waals surface area contributed by atoms with Crippen molar-refractivity contribution in [1.29, 1.82) is 0 Å². The van der Waals surface area contributed by atoms with Gasteiger partial charge in [0.15, 0.2) is 17.5 Å². The number of anilines is 1. The Balaban J connectivity index is 1.23. The number of aliphatic imine (C=N–C) groups is 1. The Morgan fingerprint density at radius 1 is 1.12 bits per heavy atom. The summed E-state index contributed by atoms with van der Waals surface area (Å²) in [5.41, 5.74) is 6.98. The number of hydrogen-bond acceptors (Lipinski definition) is 8. The van der Waals surface area contributed by atoms with Crippen LogP contribution in [0.1, 0.15) is 46.3 Å². The third-order valence-electron chi connectivity index (χ3n) is 9.04. The van der Waals surface area contributed by atoms with Gasteiger partial charge < -0.3 is 35.5 Å². The third kappa shape index (κ3) is 8.03. The number of carbonyl (C=O) groups excluding carboxylic acids is 3. The summed E-state index contributed by atoms with van der Waals surface area (Å²) < 4.78 is 37.1. The van der Waals surface area contributed by atoms with E-state index < -0.39 is 17.5 Å². The predicted octanol–water partition coefficient (Wildman–Crippen LogP) is 3.96. The molecule has 15 heteroatoms. The molecule has 1 atom stereocenters. The quantitative estimate of drug-likeness (QED) is 0.202. The molecule has 12 nitrogen and oxygen atoms in total. The highest BCUT2D eigenvalue weighted by Crippen LogP contribution is 2.31. The number of rotatable bonds is 11. The smallest absolute Gasteiger partial charge is 0.291 e. The van der Waals surface area contributed by atoms with Crippen LogP contribution in [0.2, 0.25) is 5.02 Å². The van der Waals surface area contributed by atoms with Gasteiger partial charge >= 0.3 is 0 Å². The number of ether oxygens (including phenoxy) is 1. The summed E-state index contributed by atoms with van der Waals surface area (Å²) in [5, 5.41) is 6.12. The van der Waals surface area contributed by atoms with Gasteiger partial charge in [-0.15, -0.1) is 0 Å². The minimum atomic E-state index is -1.14. The Labute approximate surface area is 294 Å². The number of nitrogens with one attached hydrogen (secondary N) is 2. The highest BCUT2D eigenvalue weighted by atomic mass is 35.5. The number of carbonyl (C=O) groups is 3. The van der Waals surface area contributed by atoms with Gasteiger partial charge in [-0.25, -0.2) is 13.8 Å². The van der Waals surface area contributed by atoms with Crippen LogP contribution in [0, 0.1) is 17.6 Å². The summed E-state index contributed by atoms with van der Waals surface area (Å²) >= 11 is 6.50. The lowest BCUT2D eigenvalue weighted by atomic mass is 9.99. The molecule has 0 spiro atoms. The van der Waals surface area contributed by atoms with Gasteiger partial charge in [0.2, 0.25) is 5.91 Å². The van der Waals surface area contributed by atoms with Crippen LogP contribution in [-0.2, 0) is 16.6 Å². The second-order valence-electron chi connectivity index (χ2n) is 12.2. The van der Waals surface area contributed by atoms with E-state index in [0.29, 0.717) is 63.1 Å². The number of benzene rings is 2. The average Bonchev–Trinajstić information content (AvgIpc) is 3.76. The lowest BCUT2D eigenvalue weighted by Gasteiger charge is -2.35. The first-order valence-electron chi connectivity index (χ1n) is 16.3. The van der Waals surface area contributed by atoms with E-state index in [4.69, 9.17) is 22.1 Å². The minimum Gasteiger partial charge on any atom is -0.404 e. The standard InChI is InChI=1S/C35H41ClF2N8O4/c1-21(41-10-15-50-3)27(18-39)24-6-7-26(32(38)31(24)37)29-20-42-33(44(29)2)34(48)43-23-4-5-25(28(36)17-23)35(49)46-13-11-45(12-14-46)30(47)16-22-8-9-40-19-22/h4-7,17-18,20,22,40H,8-16,19,39H2,1-3H3,(H,43,48)/b27-18+,41-21?/t22-/m0/s1. The molecule has 2 aliphatic rings. The van der Waals surface area contributed by atoms with Crippen molar-refractivity contribution in [3.05, 3.63) is 76.3 Å². The van der Waals surface area contributed by atoms with E-state index in [-0.39, 0.29) is 50.6 Å². The molecule has 3 amide bonds. The number of nitrogens with two attached hydrogens (primary N) is 1. The highest BCUT2D eigenvalue weighted by molar-refractivity contribution is 6.34. The first-order valence-corrected chi connectivity index (χ1v) is 16.7. The molecule has 2 fully saturated rings. The molecule has 3 heterocycles. The van der Waals surface area contributed by atoms with Crippen molar-refractivity contribution < 1.29 is 27.9 Å². The van der Waals surface area contributed by atoms with Gasteiger partial charge in [-0.3, -0.25) is 19.4 Å². The van der Waals surface area contributed by atoms with E-state index in [1.165, 1.54) is 55.4 Å². The van der Waals surface area contributed by atoms with Crippen LogP contribution < -0.4 is 16.4 Å². The largest absolute Gasteiger partial charge is 0.404 e. The van der Waals surface area contributed by atoms with Gasteiger partial charge in [0, 0.05) is 81.1 Å². The van der Waals surface area contributed by atoms with Crippen LogP contribution in [0.4, 0.5) is 14.5 Å². The number of halogens is 3. The van der Waals surface area contributed by atoms with E-state index in [9.17, 15) is 14.4 Å². The van der Waals surface area contributed by atoms with Gasteiger partial charge in [0.1, 0.15) is 0 Å². The first kappa shape index (κ1) is 36.6. The summed E-state index contributed by atoms with van der Waals surface area (Å²) in [7, 11) is 3.04. The van der Waals surface area contributed by atoms with Crippen LogP contribution in [0.15, 0.2) is 47.7 Å². The van der Waals surface area contributed by atoms with E-state index in [0.717, 1.165) is 19.5 Å². The molecule has 3 aromatic rings. The van der Waals surface area contributed by atoms with Crippen molar-refractivity contribution in [2.45, 2.75) is 19.8 Å². The number of hydrogen-bond donors (Lipinski definition) is 3. The Morgan fingerprint density at radius 2 is 1.84 bits per heavy atom.